The van der Waals surface area contributed by atoms with Crippen molar-refractivity contribution in [3.8, 4) is 91.5 Å². The number of H-pyrrole nitrogens is 2. The van der Waals surface area contributed by atoms with E-state index in [1.54, 1.807) is 0 Å². The Morgan fingerprint density at radius 1 is 0.208 bits per heavy atom. The van der Waals surface area contributed by atoms with Crippen LogP contribution in [-0.4, -0.2) is 84.7 Å². The van der Waals surface area contributed by atoms with Crippen molar-refractivity contribution in [1.82, 2.24) is 39.9 Å². The van der Waals surface area contributed by atoms with Crippen molar-refractivity contribution >= 4 is 87.2 Å². The summed E-state index contributed by atoms with van der Waals surface area (Å²) in [7, 11) is 0. The van der Waals surface area contributed by atoms with E-state index in [0.717, 1.165) is 43.1 Å². The number of fused-ring (bicyclic) bond motifs is 24. The molecule has 0 unspecified atom stereocenters. The molecule has 11 aromatic rings. The van der Waals surface area contributed by atoms with Gasteiger partial charge in [0.25, 0.3) is 0 Å². The van der Waals surface area contributed by atoms with Gasteiger partial charge < -0.3 is 47.9 Å². The largest absolute Gasteiger partial charge is 0.487 e. The number of hydrogen-bond donors (Lipinski definition) is 2. The SMILES string of the molecule is CC(C)(C)Oc1c2c(c(OC(C)(C)C)c3ccccc13)-c1nc-2nc2[nH]c(nc3nc(nc4[nH]c(n1)c1c(OC(C)(C)C)c5ccccc5c(OC(C)(C)C)c41)-c1c-3c(OC(C)(C)C)c3ccccc3c1OC(C)(C)C)c1c(OC(C)(C)C)c3ccccc3c(OC(C)(C)C)c21. The molecule has 0 fully saturated rings. The number of benzene rings is 8. The highest BCUT2D eigenvalue weighted by molar-refractivity contribution is 6.23. The van der Waals surface area contributed by atoms with Crippen LogP contribution in [0.5, 0.6) is 46.0 Å². The van der Waals surface area contributed by atoms with Crippen LogP contribution in [0.15, 0.2) is 97.1 Å². The zero-order valence-corrected chi connectivity index (χ0v) is 60.2. The monoisotopic (exact) mass is 1290 g/mol. The van der Waals surface area contributed by atoms with E-state index in [2.05, 4.69) is 58.5 Å². The Morgan fingerprint density at radius 3 is 0.510 bits per heavy atom. The molecule has 2 N–H and O–H groups in total. The summed E-state index contributed by atoms with van der Waals surface area (Å²) in [5.41, 5.74) is -2.19. The number of aromatic amines is 2. The molecule has 0 saturated heterocycles. The lowest BCUT2D eigenvalue weighted by atomic mass is 9.97. The predicted molar refractivity (Wildman–Crippen MR) is 389 cm³/mol. The molecule has 96 heavy (non-hydrogen) atoms. The van der Waals surface area contributed by atoms with Crippen molar-refractivity contribution < 1.29 is 37.9 Å². The van der Waals surface area contributed by atoms with Crippen LogP contribution in [0.4, 0.5) is 0 Å². The van der Waals surface area contributed by atoms with Gasteiger partial charge in [-0.3, -0.25) is 0 Å². The molecule has 2 aliphatic heterocycles. The second kappa shape index (κ2) is 22.1. The molecule has 13 rings (SSSR count). The molecular formula is C80H90N8O8. The van der Waals surface area contributed by atoms with Crippen LogP contribution >= 0.6 is 0 Å². The maximum absolute atomic E-state index is 7.31. The zero-order chi connectivity index (χ0) is 69.1. The Labute approximate surface area is 561 Å². The van der Waals surface area contributed by atoms with E-state index in [1.807, 2.05) is 215 Å². The summed E-state index contributed by atoms with van der Waals surface area (Å²) in [6.07, 6.45) is 0. The van der Waals surface area contributed by atoms with Gasteiger partial charge in [0.1, 0.15) is 113 Å². The first-order chi connectivity index (χ1) is 44.6. The summed E-state index contributed by atoms with van der Waals surface area (Å²) >= 11 is 0. The van der Waals surface area contributed by atoms with E-state index in [4.69, 9.17) is 67.8 Å². The van der Waals surface area contributed by atoms with Gasteiger partial charge in [0.2, 0.25) is 0 Å². The van der Waals surface area contributed by atoms with Crippen molar-refractivity contribution in [1.29, 1.82) is 0 Å². The molecule has 0 aliphatic carbocycles. The van der Waals surface area contributed by atoms with E-state index >= 15 is 0 Å². The molecule has 0 atom stereocenters. The molecule has 5 heterocycles. The average Bonchev–Trinajstić information content (AvgIpc) is 1.52. The molecule has 0 radical (unpaired) electrons. The lowest BCUT2D eigenvalue weighted by molar-refractivity contribution is 0.130. The number of aromatic nitrogens is 8. The van der Waals surface area contributed by atoms with Crippen molar-refractivity contribution in [2.24, 2.45) is 0 Å². The average molecular weight is 1290 g/mol. The van der Waals surface area contributed by atoms with Gasteiger partial charge in [-0.1, -0.05) is 97.1 Å². The van der Waals surface area contributed by atoms with Crippen molar-refractivity contribution in [3.05, 3.63) is 97.1 Å². The Bertz CT molecular complexity index is 4580. The lowest BCUT2D eigenvalue weighted by Gasteiger charge is -2.28. The van der Waals surface area contributed by atoms with Crippen molar-refractivity contribution in [3.63, 3.8) is 0 Å². The Balaban J connectivity index is 1.39. The van der Waals surface area contributed by atoms with Gasteiger partial charge in [-0.05, 0) is 166 Å². The summed E-state index contributed by atoms with van der Waals surface area (Å²) in [6.45, 7) is 49.0. The lowest BCUT2D eigenvalue weighted by Crippen LogP contribution is -2.25. The van der Waals surface area contributed by atoms with Gasteiger partial charge in [-0.15, -0.1) is 0 Å². The summed E-state index contributed by atoms with van der Waals surface area (Å²) in [5, 5.41) is 8.69. The van der Waals surface area contributed by atoms with Gasteiger partial charge in [-0.2, -0.15) is 0 Å². The van der Waals surface area contributed by atoms with Crippen LogP contribution in [0.25, 0.3) is 133 Å². The highest BCUT2D eigenvalue weighted by Crippen LogP contribution is 2.58. The maximum atomic E-state index is 7.31. The topological polar surface area (TPSA) is 183 Å². The minimum atomic E-state index is -0.733. The zero-order valence-electron chi connectivity index (χ0n) is 60.2. The van der Waals surface area contributed by atoms with E-state index < -0.39 is 44.8 Å². The molecule has 2 aliphatic rings. The molecule has 8 bridgehead atoms. The van der Waals surface area contributed by atoms with Crippen LogP contribution in [0.3, 0.4) is 0 Å². The molecule has 498 valence electrons. The number of nitrogens with one attached hydrogen (secondary N) is 2. The highest BCUT2D eigenvalue weighted by Gasteiger charge is 2.39. The normalized spacial score (nSPS) is 13.4. The molecule has 16 heteroatoms. The standard InChI is InChI=1S/C80H90N8O8/c1-73(2,3)89-57-41-33-25-26-34-42(41)58(90-74(4,5)6)50-49(57)65-81-66(50)86-68-53-54(62(94-78(16,17)18)46-38-30-29-37-45(46)61(53)93-77(13,14)15)70(83-68)88-72-56-55(63(95-79(19,20)21)47-39-31-32-40-48(47)64(56)96-80(22,23)24)71(84-72)87-69-52-51(67(82-69)85-65)59(91-75(7,8)9)43-35-27-28-36-44(43)60(52)92-76(10,11)12/h25-40H,1-24H3,(H2,81,82,83,84,85,86,87,88). The van der Waals surface area contributed by atoms with Gasteiger partial charge in [0.05, 0.1) is 43.8 Å². The number of ether oxygens (including phenoxy) is 8. The van der Waals surface area contributed by atoms with Gasteiger partial charge in [-0.25, -0.2) is 29.9 Å². The fourth-order valence-corrected chi connectivity index (χ4v) is 12.5. The molecule has 0 amide bonds. The first kappa shape index (κ1) is 65.2. The third-order valence-electron chi connectivity index (χ3n) is 15.4. The number of nitrogens with zero attached hydrogens (tertiary/aromatic N) is 6. The molecule has 8 aromatic carbocycles. The summed E-state index contributed by atoms with van der Waals surface area (Å²) in [6, 6.07) is 32.5. The first-order valence-corrected chi connectivity index (χ1v) is 33.3. The number of rotatable bonds is 8. The second-order valence-electron chi connectivity index (χ2n) is 33.1. The summed E-state index contributed by atoms with van der Waals surface area (Å²) in [5.74, 6) is 5.44. The smallest absolute Gasteiger partial charge is 0.168 e. The molecule has 16 nitrogen and oxygen atoms in total. The quantitative estimate of drug-likeness (QED) is 0.146. The molecule has 0 spiro atoms. The van der Waals surface area contributed by atoms with Gasteiger partial charge in [0, 0.05) is 43.1 Å². The van der Waals surface area contributed by atoms with E-state index in [9.17, 15) is 0 Å². The Morgan fingerprint density at radius 2 is 0.354 bits per heavy atom. The minimum absolute atomic E-state index is 0.270. The predicted octanol–water partition coefficient (Wildman–Crippen LogP) is 20.9. The minimum Gasteiger partial charge on any atom is -0.487 e. The summed E-state index contributed by atoms with van der Waals surface area (Å²) in [4.78, 5) is 42.4. The third kappa shape index (κ3) is 12.4. The van der Waals surface area contributed by atoms with Gasteiger partial charge in [0.15, 0.2) is 23.3 Å². The maximum Gasteiger partial charge on any atom is 0.168 e. The van der Waals surface area contributed by atoms with Crippen LogP contribution in [0.2, 0.25) is 0 Å². The number of hydrogen-bond acceptors (Lipinski definition) is 14. The Hall–Kier alpha value is -9.44. The first-order valence-electron chi connectivity index (χ1n) is 33.3. The van der Waals surface area contributed by atoms with E-state index in [1.165, 1.54) is 0 Å². The summed E-state index contributed by atoms with van der Waals surface area (Å²) < 4.78 is 58.5. The highest BCUT2D eigenvalue weighted by atomic mass is 16.5. The van der Waals surface area contributed by atoms with Crippen molar-refractivity contribution in [2.45, 2.75) is 211 Å². The van der Waals surface area contributed by atoms with Crippen LogP contribution in [0.1, 0.15) is 166 Å². The molecule has 3 aromatic heterocycles. The fourth-order valence-electron chi connectivity index (χ4n) is 12.5. The van der Waals surface area contributed by atoms with Crippen LogP contribution in [-0.2, 0) is 0 Å². The Kier molecular flexibility index (Phi) is 15.0. The van der Waals surface area contributed by atoms with Gasteiger partial charge >= 0.3 is 0 Å². The fraction of sp³-hybridized carbons (Fsp3) is 0.400. The molecule has 0 saturated carbocycles. The van der Waals surface area contributed by atoms with Crippen LogP contribution < -0.4 is 37.9 Å². The van der Waals surface area contributed by atoms with E-state index in [-0.39, 0.29) is 23.3 Å². The molecular weight excluding hydrogens is 1200 g/mol. The van der Waals surface area contributed by atoms with Crippen molar-refractivity contribution in [2.75, 3.05) is 0 Å². The second-order valence-corrected chi connectivity index (χ2v) is 33.1. The van der Waals surface area contributed by atoms with Crippen LogP contribution in [0, 0.1) is 0 Å². The third-order valence-corrected chi connectivity index (χ3v) is 15.4. The van der Waals surface area contributed by atoms with E-state index in [0.29, 0.717) is 112 Å².